The Bertz CT molecular complexity index is 988. The average Bonchev–Trinajstić information content (AvgIpc) is 2.82. The Kier molecular flexibility index (Phi) is 9.24. The summed E-state index contributed by atoms with van der Waals surface area (Å²) in [4.78, 5) is 4.15. The molecule has 1 saturated heterocycles. The molecule has 0 bridgehead atoms. The van der Waals surface area contributed by atoms with E-state index in [0.29, 0.717) is 37.8 Å². The SMILES string of the molecule is COc1ccc(CN(CCN2CCOCC2)C(=S)Nc2cc(C(F)(F)F)ccc2Cl)cc1OC. The molecule has 1 N–H and O–H groups in total. The molecule has 2 aromatic rings. The molecule has 0 radical (unpaired) electrons. The number of halogens is 4. The summed E-state index contributed by atoms with van der Waals surface area (Å²) in [5.41, 5.74) is 0.200. The molecule has 11 heteroatoms. The number of anilines is 1. The van der Waals surface area contributed by atoms with Crippen LogP contribution in [0.2, 0.25) is 5.02 Å². The summed E-state index contributed by atoms with van der Waals surface area (Å²) in [6.45, 7) is 4.63. The molecule has 1 aliphatic heterocycles. The van der Waals surface area contributed by atoms with Crippen LogP contribution in [0, 0.1) is 0 Å². The average molecular weight is 518 g/mol. The molecule has 3 rings (SSSR count). The molecule has 0 unspecified atom stereocenters. The lowest BCUT2D eigenvalue weighted by molar-refractivity contribution is -0.137. The maximum absolute atomic E-state index is 13.2. The van der Waals surface area contributed by atoms with Gasteiger partial charge in [-0.05, 0) is 48.1 Å². The fourth-order valence-electron chi connectivity index (χ4n) is 3.53. The van der Waals surface area contributed by atoms with Gasteiger partial charge in [-0.3, -0.25) is 4.90 Å². The standard InChI is InChI=1S/C23H27ClF3N3O3S/c1-31-20-6-3-16(13-21(20)32-2)15-30(8-7-29-9-11-33-12-10-29)22(34)28-19-14-17(23(25,26)27)4-5-18(19)24/h3-6,13-14H,7-12,15H2,1-2H3,(H,28,34). The first-order valence-corrected chi connectivity index (χ1v) is 11.4. The van der Waals surface area contributed by atoms with Crippen LogP contribution in [-0.4, -0.2) is 68.5 Å². The smallest absolute Gasteiger partial charge is 0.416 e. The lowest BCUT2D eigenvalue weighted by Crippen LogP contribution is -2.44. The van der Waals surface area contributed by atoms with Crippen LogP contribution in [0.25, 0.3) is 0 Å². The number of morpholine rings is 1. The van der Waals surface area contributed by atoms with Crippen LogP contribution in [0.4, 0.5) is 18.9 Å². The van der Waals surface area contributed by atoms with E-state index in [0.717, 1.165) is 37.3 Å². The number of rotatable bonds is 8. The first kappa shape index (κ1) is 26.3. The molecule has 6 nitrogen and oxygen atoms in total. The summed E-state index contributed by atoms with van der Waals surface area (Å²) in [6, 6.07) is 8.65. The van der Waals surface area contributed by atoms with E-state index in [-0.39, 0.29) is 15.8 Å². The van der Waals surface area contributed by atoms with Gasteiger partial charge >= 0.3 is 6.18 Å². The molecule has 1 aliphatic rings. The number of thiocarbonyl (C=S) groups is 1. The summed E-state index contributed by atoms with van der Waals surface area (Å²) in [5, 5.41) is 3.32. The molecule has 0 aliphatic carbocycles. The van der Waals surface area contributed by atoms with Crippen molar-refractivity contribution < 1.29 is 27.4 Å². The minimum absolute atomic E-state index is 0.102. The quantitative estimate of drug-likeness (QED) is 0.499. The highest BCUT2D eigenvalue weighted by Crippen LogP contribution is 2.34. The first-order chi connectivity index (χ1) is 16.2. The van der Waals surface area contributed by atoms with E-state index in [2.05, 4.69) is 10.2 Å². The van der Waals surface area contributed by atoms with E-state index in [1.165, 1.54) is 6.07 Å². The van der Waals surface area contributed by atoms with Crippen molar-refractivity contribution in [3.05, 3.63) is 52.5 Å². The number of nitrogens with zero attached hydrogens (tertiary/aromatic N) is 2. The Hall–Kier alpha value is -2.27. The van der Waals surface area contributed by atoms with E-state index >= 15 is 0 Å². The molecule has 0 saturated carbocycles. The predicted octanol–water partition coefficient (Wildman–Crippen LogP) is 4.91. The van der Waals surface area contributed by atoms with E-state index in [9.17, 15) is 13.2 Å². The summed E-state index contributed by atoms with van der Waals surface area (Å²) in [6.07, 6.45) is -4.49. The Morgan fingerprint density at radius 1 is 1.12 bits per heavy atom. The minimum Gasteiger partial charge on any atom is -0.493 e. The zero-order chi connectivity index (χ0) is 24.7. The lowest BCUT2D eigenvalue weighted by Gasteiger charge is -2.31. The number of ether oxygens (including phenoxy) is 3. The van der Waals surface area contributed by atoms with Crippen molar-refractivity contribution >= 4 is 34.6 Å². The number of hydrogen-bond donors (Lipinski definition) is 1. The van der Waals surface area contributed by atoms with Crippen molar-refractivity contribution in [2.75, 3.05) is 58.9 Å². The zero-order valence-corrected chi connectivity index (χ0v) is 20.5. The topological polar surface area (TPSA) is 46.2 Å². The molecule has 0 aromatic heterocycles. The van der Waals surface area contributed by atoms with Crippen LogP contribution >= 0.6 is 23.8 Å². The van der Waals surface area contributed by atoms with E-state index < -0.39 is 11.7 Å². The molecule has 186 valence electrons. The maximum atomic E-state index is 13.2. The largest absolute Gasteiger partial charge is 0.493 e. The Morgan fingerprint density at radius 2 is 1.82 bits per heavy atom. The second kappa shape index (κ2) is 11.9. The third kappa shape index (κ3) is 7.11. The van der Waals surface area contributed by atoms with Gasteiger partial charge in [-0.25, -0.2) is 0 Å². The number of hydrogen-bond acceptors (Lipinski definition) is 5. The molecular weight excluding hydrogens is 491 g/mol. The van der Waals surface area contributed by atoms with Crippen LogP contribution in [-0.2, 0) is 17.5 Å². The summed E-state index contributed by atoms with van der Waals surface area (Å²) in [7, 11) is 3.11. The van der Waals surface area contributed by atoms with E-state index in [4.69, 9.17) is 38.0 Å². The number of methoxy groups -OCH3 is 2. The van der Waals surface area contributed by atoms with Gasteiger partial charge in [-0.1, -0.05) is 17.7 Å². The number of nitrogens with one attached hydrogen (secondary N) is 1. The Balaban J connectivity index is 1.80. The van der Waals surface area contributed by atoms with Crippen molar-refractivity contribution in [2.45, 2.75) is 12.7 Å². The van der Waals surface area contributed by atoms with Crippen LogP contribution in [0.3, 0.4) is 0 Å². The summed E-state index contributed by atoms with van der Waals surface area (Å²) in [5.74, 6) is 1.18. The second-order valence-corrected chi connectivity index (χ2v) is 8.48. The van der Waals surface area contributed by atoms with Gasteiger partial charge in [0.15, 0.2) is 16.6 Å². The van der Waals surface area contributed by atoms with Gasteiger partial charge in [-0.15, -0.1) is 0 Å². The Labute approximate surface area is 207 Å². The highest BCUT2D eigenvalue weighted by atomic mass is 35.5. The Morgan fingerprint density at radius 3 is 2.47 bits per heavy atom. The van der Waals surface area contributed by atoms with Crippen LogP contribution < -0.4 is 14.8 Å². The number of alkyl halides is 3. The molecule has 0 spiro atoms. The van der Waals surface area contributed by atoms with Gasteiger partial charge in [0, 0.05) is 32.7 Å². The van der Waals surface area contributed by atoms with Crippen molar-refractivity contribution in [3.8, 4) is 11.5 Å². The van der Waals surface area contributed by atoms with Gasteiger partial charge < -0.3 is 24.4 Å². The van der Waals surface area contributed by atoms with Gasteiger partial charge in [0.05, 0.1) is 43.7 Å². The highest BCUT2D eigenvalue weighted by molar-refractivity contribution is 7.80. The van der Waals surface area contributed by atoms with E-state index in [1.807, 2.05) is 17.0 Å². The zero-order valence-electron chi connectivity index (χ0n) is 19.0. The van der Waals surface area contributed by atoms with Crippen molar-refractivity contribution in [1.29, 1.82) is 0 Å². The van der Waals surface area contributed by atoms with Crippen molar-refractivity contribution in [3.63, 3.8) is 0 Å². The molecule has 0 atom stereocenters. The van der Waals surface area contributed by atoms with E-state index in [1.54, 1.807) is 20.3 Å². The van der Waals surface area contributed by atoms with Gasteiger partial charge in [0.25, 0.3) is 0 Å². The van der Waals surface area contributed by atoms with Crippen molar-refractivity contribution in [2.24, 2.45) is 0 Å². The monoisotopic (exact) mass is 517 g/mol. The maximum Gasteiger partial charge on any atom is 0.416 e. The molecule has 0 amide bonds. The van der Waals surface area contributed by atoms with Gasteiger partial charge in [-0.2, -0.15) is 13.2 Å². The third-order valence-electron chi connectivity index (χ3n) is 5.43. The predicted molar refractivity (Wildman–Crippen MR) is 130 cm³/mol. The van der Waals surface area contributed by atoms with Crippen LogP contribution in [0.1, 0.15) is 11.1 Å². The fraction of sp³-hybridized carbons (Fsp3) is 0.435. The number of benzene rings is 2. The highest BCUT2D eigenvalue weighted by Gasteiger charge is 2.31. The third-order valence-corrected chi connectivity index (χ3v) is 6.12. The van der Waals surface area contributed by atoms with Gasteiger partial charge in [0.2, 0.25) is 0 Å². The normalized spacial score (nSPS) is 14.5. The van der Waals surface area contributed by atoms with Crippen LogP contribution in [0.5, 0.6) is 11.5 Å². The summed E-state index contributed by atoms with van der Waals surface area (Å²) < 4.78 is 55.7. The first-order valence-electron chi connectivity index (χ1n) is 10.6. The molecule has 2 aromatic carbocycles. The molecule has 1 fully saturated rings. The molecule has 34 heavy (non-hydrogen) atoms. The lowest BCUT2D eigenvalue weighted by atomic mass is 10.2. The minimum atomic E-state index is -4.49. The fourth-order valence-corrected chi connectivity index (χ4v) is 3.96. The van der Waals surface area contributed by atoms with Gasteiger partial charge in [0.1, 0.15) is 0 Å². The van der Waals surface area contributed by atoms with Crippen LogP contribution in [0.15, 0.2) is 36.4 Å². The summed E-state index contributed by atoms with van der Waals surface area (Å²) >= 11 is 11.8. The molecular formula is C23H27ClF3N3O3S. The second-order valence-electron chi connectivity index (χ2n) is 7.69. The van der Waals surface area contributed by atoms with Crippen molar-refractivity contribution in [1.82, 2.24) is 9.80 Å². The molecule has 1 heterocycles.